The van der Waals surface area contributed by atoms with Gasteiger partial charge in [0.25, 0.3) is 0 Å². The van der Waals surface area contributed by atoms with Gasteiger partial charge in [-0.2, -0.15) is 0 Å². The standard InChI is InChI=1S/C25H28N4O4S/c1-5-21-27-28-25(34-21)26-24(31)18-11-13-22(30)29(17-9-6-15(2)7-10-17)23(18)16-8-12-19(32-3)20(14-16)33-4/h6-10,12,14,18,23H,5,11,13H2,1-4H3,(H,26,28,31)/t18-,23-/m0/s1. The summed E-state index contributed by atoms with van der Waals surface area (Å²) in [6.45, 7) is 3.99. The molecule has 0 bridgehead atoms. The molecule has 8 nitrogen and oxygen atoms in total. The van der Waals surface area contributed by atoms with Gasteiger partial charge in [-0.25, -0.2) is 0 Å². The molecule has 0 radical (unpaired) electrons. The lowest BCUT2D eigenvalue weighted by Gasteiger charge is -2.41. The van der Waals surface area contributed by atoms with Gasteiger partial charge in [-0.1, -0.05) is 42.0 Å². The predicted octanol–water partition coefficient (Wildman–Crippen LogP) is 4.55. The molecule has 0 unspecified atom stereocenters. The van der Waals surface area contributed by atoms with Gasteiger partial charge in [-0.05, 0) is 49.6 Å². The number of methoxy groups -OCH3 is 2. The Morgan fingerprint density at radius 3 is 2.50 bits per heavy atom. The van der Waals surface area contributed by atoms with Crippen LogP contribution >= 0.6 is 11.3 Å². The third-order valence-corrected chi connectivity index (χ3v) is 6.98. The van der Waals surface area contributed by atoms with Gasteiger partial charge < -0.3 is 19.7 Å². The molecule has 3 aromatic rings. The van der Waals surface area contributed by atoms with Crippen LogP contribution in [0.2, 0.25) is 0 Å². The van der Waals surface area contributed by atoms with Gasteiger partial charge in [0.05, 0.1) is 26.2 Å². The highest BCUT2D eigenvalue weighted by atomic mass is 32.1. The average Bonchev–Trinajstić information content (AvgIpc) is 3.31. The number of aryl methyl sites for hydroxylation is 2. The van der Waals surface area contributed by atoms with Gasteiger partial charge in [0, 0.05) is 12.1 Å². The molecule has 1 aromatic heterocycles. The first-order chi connectivity index (χ1) is 16.4. The Hall–Kier alpha value is -3.46. The fourth-order valence-electron chi connectivity index (χ4n) is 4.24. The second-order valence-electron chi connectivity index (χ2n) is 8.15. The molecule has 2 heterocycles. The lowest BCUT2D eigenvalue weighted by Crippen LogP contribution is -2.47. The molecular formula is C25H28N4O4S. The number of amides is 2. The number of carbonyl (C=O) groups excluding carboxylic acids is 2. The van der Waals surface area contributed by atoms with Crippen LogP contribution in [0.3, 0.4) is 0 Å². The zero-order valence-electron chi connectivity index (χ0n) is 19.7. The molecule has 1 aliphatic rings. The largest absolute Gasteiger partial charge is 0.493 e. The Labute approximate surface area is 202 Å². The molecule has 1 fully saturated rings. The van der Waals surface area contributed by atoms with Crippen LogP contribution in [0.4, 0.5) is 10.8 Å². The minimum atomic E-state index is -0.526. The highest BCUT2D eigenvalue weighted by Gasteiger charge is 2.42. The SMILES string of the molecule is CCc1nnc(NC(=O)[C@H]2CCC(=O)N(c3ccc(C)cc3)[C@H]2c2ccc(OC)c(OC)c2)s1. The summed E-state index contributed by atoms with van der Waals surface area (Å²) in [6.07, 6.45) is 1.44. The number of ether oxygens (including phenoxy) is 2. The van der Waals surface area contributed by atoms with Crippen molar-refractivity contribution in [1.29, 1.82) is 0 Å². The van der Waals surface area contributed by atoms with E-state index in [1.165, 1.54) is 11.3 Å². The van der Waals surface area contributed by atoms with E-state index in [1.54, 1.807) is 25.2 Å². The number of anilines is 2. The molecule has 0 spiro atoms. The summed E-state index contributed by atoms with van der Waals surface area (Å²) in [5.41, 5.74) is 2.63. The number of aromatic nitrogens is 2. The van der Waals surface area contributed by atoms with Gasteiger partial charge >= 0.3 is 0 Å². The van der Waals surface area contributed by atoms with Crippen molar-refractivity contribution in [1.82, 2.24) is 10.2 Å². The topological polar surface area (TPSA) is 93.7 Å². The Kier molecular flexibility index (Phi) is 7.12. The molecule has 1 aliphatic heterocycles. The minimum Gasteiger partial charge on any atom is -0.493 e. The molecule has 4 rings (SSSR count). The molecule has 2 atom stereocenters. The van der Waals surface area contributed by atoms with Crippen LogP contribution in [0, 0.1) is 12.8 Å². The second-order valence-corrected chi connectivity index (χ2v) is 9.21. The number of piperidine rings is 1. The van der Waals surface area contributed by atoms with E-state index in [2.05, 4.69) is 15.5 Å². The van der Waals surface area contributed by atoms with E-state index >= 15 is 0 Å². The lowest BCUT2D eigenvalue weighted by atomic mass is 9.83. The van der Waals surface area contributed by atoms with E-state index < -0.39 is 12.0 Å². The van der Waals surface area contributed by atoms with E-state index in [1.807, 2.05) is 50.2 Å². The van der Waals surface area contributed by atoms with E-state index in [0.29, 0.717) is 23.1 Å². The molecule has 1 N–H and O–H groups in total. The average molecular weight is 481 g/mol. The van der Waals surface area contributed by atoms with Gasteiger partial charge in [-0.15, -0.1) is 10.2 Å². The number of benzene rings is 2. The fourth-order valence-corrected chi connectivity index (χ4v) is 4.92. The Morgan fingerprint density at radius 2 is 1.85 bits per heavy atom. The number of rotatable bonds is 7. The maximum Gasteiger partial charge on any atom is 0.231 e. The second kappa shape index (κ2) is 10.2. The first-order valence-corrected chi connectivity index (χ1v) is 12.0. The molecule has 34 heavy (non-hydrogen) atoms. The summed E-state index contributed by atoms with van der Waals surface area (Å²) in [5, 5.41) is 12.4. The summed E-state index contributed by atoms with van der Waals surface area (Å²) in [4.78, 5) is 28.5. The molecule has 0 aliphatic carbocycles. The molecule has 9 heteroatoms. The first-order valence-electron chi connectivity index (χ1n) is 11.2. The summed E-state index contributed by atoms with van der Waals surface area (Å²) in [5.74, 6) is 0.404. The van der Waals surface area contributed by atoms with Gasteiger partial charge in [0.15, 0.2) is 11.5 Å². The highest BCUT2D eigenvalue weighted by molar-refractivity contribution is 7.15. The lowest BCUT2D eigenvalue weighted by molar-refractivity contribution is -0.125. The number of hydrogen-bond donors (Lipinski definition) is 1. The fraction of sp³-hybridized carbons (Fsp3) is 0.360. The zero-order valence-corrected chi connectivity index (χ0v) is 20.5. The predicted molar refractivity (Wildman–Crippen MR) is 132 cm³/mol. The normalized spacial score (nSPS) is 18.0. The van der Waals surface area contributed by atoms with Crippen molar-refractivity contribution in [3.8, 4) is 11.5 Å². The first kappa shape index (κ1) is 23.7. The summed E-state index contributed by atoms with van der Waals surface area (Å²) < 4.78 is 10.9. The van der Waals surface area contributed by atoms with Crippen LogP contribution in [0.5, 0.6) is 11.5 Å². The number of nitrogens with zero attached hydrogens (tertiary/aromatic N) is 3. The third kappa shape index (κ3) is 4.75. The Bertz CT molecular complexity index is 1180. The van der Waals surface area contributed by atoms with Crippen molar-refractivity contribution in [2.45, 2.75) is 39.2 Å². The van der Waals surface area contributed by atoms with E-state index in [9.17, 15) is 9.59 Å². The Morgan fingerprint density at radius 1 is 1.12 bits per heavy atom. The Balaban J connectivity index is 1.76. The van der Waals surface area contributed by atoms with Crippen molar-refractivity contribution in [2.24, 2.45) is 5.92 Å². The van der Waals surface area contributed by atoms with E-state index in [0.717, 1.165) is 28.2 Å². The molecule has 2 amide bonds. The smallest absolute Gasteiger partial charge is 0.231 e. The zero-order chi connectivity index (χ0) is 24.2. The van der Waals surface area contributed by atoms with Crippen LogP contribution in [-0.2, 0) is 16.0 Å². The van der Waals surface area contributed by atoms with Crippen molar-refractivity contribution < 1.29 is 19.1 Å². The highest BCUT2D eigenvalue weighted by Crippen LogP contribution is 2.43. The van der Waals surface area contributed by atoms with Crippen molar-refractivity contribution in [3.63, 3.8) is 0 Å². The van der Waals surface area contributed by atoms with Crippen LogP contribution < -0.4 is 19.7 Å². The van der Waals surface area contributed by atoms with Gasteiger partial charge in [0.2, 0.25) is 16.9 Å². The molecule has 1 saturated heterocycles. The summed E-state index contributed by atoms with van der Waals surface area (Å²) in [6, 6.07) is 12.8. The maximum atomic E-state index is 13.5. The van der Waals surface area contributed by atoms with E-state index in [4.69, 9.17) is 9.47 Å². The van der Waals surface area contributed by atoms with Crippen LogP contribution in [0.15, 0.2) is 42.5 Å². The van der Waals surface area contributed by atoms with Gasteiger partial charge in [-0.3, -0.25) is 9.59 Å². The van der Waals surface area contributed by atoms with Crippen molar-refractivity contribution >= 4 is 34.0 Å². The number of hydrogen-bond acceptors (Lipinski definition) is 7. The number of carbonyl (C=O) groups is 2. The van der Waals surface area contributed by atoms with Crippen molar-refractivity contribution in [2.75, 3.05) is 24.4 Å². The monoisotopic (exact) mass is 480 g/mol. The third-order valence-electron chi connectivity index (χ3n) is 5.99. The van der Waals surface area contributed by atoms with E-state index in [-0.39, 0.29) is 18.2 Å². The summed E-state index contributed by atoms with van der Waals surface area (Å²) >= 11 is 1.36. The quantitative estimate of drug-likeness (QED) is 0.533. The van der Waals surface area contributed by atoms with Crippen molar-refractivity contribution in [3.05, 3.63) is 58.6 Å². The summed E-state index contributed by atoms with van der Waals surface area (Å²) in [7, 11) is 3.14. The maximum absolute atomic E-state index is 13.5. The van der Waals surface area contributed by atoms with Gasteiger partial charge in [0.1, 0.15) is 5.01 Å². The van der Waals surface area contributed by atoms with Crippen LogP contribution in [0.25, 0.3) is 0 Å². The van der Waals surface area contributed by atoms with Crippen LogP contribution in [0.1, 0.15) is 41.9 Å². The number of nitrogens with one attached hydrogen (secondary N) is 1. The minimum absolute atomic E-state index is 0.0307. The molecule has 0 saturated carbocycles. The molecular weight excluding hydrogens is 452 g/mol. The molecule has 178 valence electrons. The molecule has 2 aromatic carbocycles. The van der Waals surface area contributed by atoms with Crippen LogP contribution in [-0.4, -0.2) is 36.2 Å².